The van der Waals surface area contributed by atoms with Crippen LogP contribution in [-0.2, 0) is 5.41 Å². The maximum atomic E-state index is 12.1. The molecule has 134 valence electrons. The molecule has 0 aliphatic rings. The van der Waals surface area contributed by atoms with Gasteiger partial charge in [-0.1, -0.05) is 29.3 Å². The van der Waals surface area contributed by atoms with Crippen LogP contribution in [-0.4, -0.2) is 21.1 Å². The van der Waals surface area contributed by atoms with Gasteiger partial charge in [-0.3, -0.25) is 4.79 Å². The lowest BCUT2D eigenvalue weighted by Crippen LogP contribution is -2.26. The van der Waals surface area contributed by atoms with Crippen LogP contribution < -0.4 is 5.73 Å². The van der Waals surface area contributed by atoms with Gasteiger partial charge in [-0.05, 0) is 43.7 Å². The van der Waals surface area contributed by atoms with E-state index in [0.717, 1.165) is 0 Å². The van der Waals surface area contributed by atoms with Gasteiger partial charge in [0.05, 0.1) is 16.1 Å². The first-order valence-electron chi connectivity index (χ1n) is 7.77. The van der Waals surface area contributed by atoms with Crippen LogP contribution in [0, 0.1) is 6.92 Å². The van der Waals surface area contributed by atoms with E-state index >= 15 is 0 Å². The molecule has 0 spiro atoms. The summed E-state index contributed by atoms with van der Waals surface area (Å²) in [5.74, 6) is 0.152. The van der Waals surface area contributed by atoms with Crippen molar-refractivity contribution in [3.8, 4) is 11.3 Å². The molecule has 0 bridgehead atoms. The Morgan fingerprint density at radius 1 is 1.15 bits per heavy atom. The minimum absolute atomic E-state index is 0.120. The Bertz CT molecular complexity index is 999. The zero-order chi connectivity index (χ0) is 19.1. The van der Waals surface area contributed by atoms with Gasteiger partial charge in [-0.2, -0.15) is 0 Å². The molecule has 2 aromatic heterocycles. The first-order valence-corrected chi connectivity index (χ1v) is 8.53. The molecule has 1 amide bonds. The predicted octanol–water partition coefficient (Wildman–Crippen LogP) is 4.17. The maximum Gasteiger partial charge on any atom is 0.267 e. The summed E-state index contributed by atoms with van der Waals surface area (Å²) in [4.78, 5) is 16.5. The molecule has 0 aliphatic heterocycles. The van der Waals surface area contributed by atoms with Crippen molar-refractivity contribution >= 4 is 29.1 Å². The Hall–Kier alpha value is -2.44. The molecule has 0 fully saturated rings. The molecule has 0 atom stereocenters. The molecular weight excluding hydrogens is 375 g/mol. The number of aryl methyl sites for hydroxylation is 1. The second kappa shape index (κ2) is 6.70. The number of pyridine rings is 1. The third kappa shape index (κ3) is 3.30. The lowest BCUT2D eigenvalue weighted by Gasteiger charge is -2.23. The van der Waals surface area contributed by atoms with E-state index in [-0.39, 0.29) is 5.69 Å². The average molecular weight is 391 g/mol. The molecule has 0 radical (unpaired) electrons. The summed E-state index contributed by atoms with van der Waals surface area (Å²) < 4.78 is 5.55. The third-order valence-corrected chi connectivity index (χ3v) is 4.62. The molecule has 0 saturated heterocycles. The fourth-order valence-electron chi connectivity index (χ4n) is 2.66. The summed E-state index contributed by atoms with van der Waals surface area (Å²) in [5, 5.41) is 8.86. The van der Waals surface area contributed by atoms with Gasteiger partial charge in [0.25, 0.3) is 5.91 Å². The molecule has 0 saturated carbocycles. The van der Waals surface area contributed by atoms with Crippen LogP contribution in [0.4, 0.5) is 0 Å². The highest BCUT2D eigenvalue weighted by Gasteiger charge is 2.33. The summed E-state index contributed by atoms with van der Waals surface area (Å²) >= 11 is 12.2. The number of rotatable bonds is 4. The third-order valence-electron chi connectivity index (χ3n) is 4.07. The normalized spacial score (nSPS) is 11.6. The predicted molar refractivity (Wildman–Crippen MR) is 99.4 cm³/mol. The minimum atomic E-state index is -0.749. The van der Waals surface area contributed by atoms with Crippen LogP contribution >= 0.6 is 23.2 Å². The standard InChI is InChI=1S/C18H16Cl2N4O2/c1-9-23-24-17(26-9)18(2,3)12-6-7-14(22-15(12)16(21)25)11-5-4-10(19)8-13(11)20/h4-8H,1-3H3,(H2,21,25). The lowest BCUT2D eigenvalue weighted by atomic mass is 9.83. The number of aromatic nitrogens is 3. The summed E-state index contributed by atoms with van der Waals surface area (Å²) in [7, 11) is 0. The largest absolute Gasteiger partial charge is 0.425 e. The average Bonchev–Trinajstić information content (AvgIpc) is 3.01. The monoisotopic (exact) mass is 390 g/mol. The number of hydrogen-bond acceptors (Lipinski definition) is 5. The molecular formula is C18H16Cl2N4O2. The molecule has 0 aliphatic carbocycles. The van der Waals surface area contributed by atoms with Crippen molar-refractivity contribution in [1.29, 1.82) is 0 Å². The Kier molecular flexibility index (Phi) is 4.73. The highest BCUT2D eigenvalue weighted by Crippen LogP contribution is 2.35. The van der Waals surface area contributed by atoms with Gasteiger partial charge in [0, 0.05) is 17.5 Å². The molecule has 2 N–H and O–H groups in total. The molecule has 26 heavy (non-hydrogen) atoms. The van der Waals surface area contributed by atoms with E-state index in [1.54, 1.807) is 37.3 Å². The van der Waals surface area contributed by atoms with Gasteiger partial charge in [-0.15, -0.1) is 10.2 Å². The SMILES string of the molecule is Cc1nnc(C(C)(C)c2ccc(-c3ccc(Cl)cc3Cl)nc2C(N)=O)o1. The van der Waals surface area contributed by atoms with Gasteiger partial charge >= 0.3 is 0 Å². The molecule has 0 unspecified atom stereocenters. The summed E-state index contributed by atoms with van der Waals surface area (Å²) in [5.41, 5.74) is 6.70. The van der Waals surface area contributed by atoms with E-state index < -0.39 is 11.3 Å². The van der Waals surface area contributed by atoms with Crippen LogP contribution in [0.5, 0.6) is 0 Å². The highest BCUT2D eigenvalue weighted by molar-refractivity contribution is 6.36. The van der Waals surface area contributed by atoms with Gasteiger partial charge in [0.1, 0.15) is 5.69 Å². The van der Waals surface area contributed by atoms with Gasteiger partial charge < -0.3 is 10.2 Å². The number of carbonyl (C=O) groups is 1. The van der Waals surface area contributed by atoms with Crippen LogP contribution in [0.3, 0.4) is 0 Å². The van der Waals surface area contributed by atoms with Crippen molar-refractivity contribution in [1.82, 2.24) is 15.2 Å². The van der Waals surface area contributed by atoms with E-state index in [1.165, 1.54) is 0 Å². The van der Waals surface area contributed by atoms with Crippen molar-refractivity contribution in [2.45, 2.75) is 26.2 Å². The second-order valence-electron chi connectivity index (χ2n) is 6.33. The molecule has 3 aromatic rings. The lowest BCUT2D eigenvalue weighted by molar-refractivity contribution is 0.0993. The van der Waals surface area contributed by atoms with E-state index in [1.807, 2.05) is 13.8 Å². The van der Waals surface area contributed by atoms with E-state index in [4.69, 9.17) is 33.4 Å². The Labute approximate surface area is 160 Å². The number of carbonyl (C=O) groups excluding carboxylic acids is 1. The second-order valence-corrected chi connectivity index (χ2v) is 7.18. The van der Waals surface area contributed by atoms with Gasteiger partial charge in [0.2, 0.25) is 11.8 Å². The Morgan fingerprint density at radius 2 is 1.88 bits per heavy atom. The number of primary amides is 1. The summed E-state index contributed by atoms with van der Waals surface area (Å²) in [6, 6.07) is 8.59. The van der Waals surface area contributed by atoms with Crippen molar-refractivity contribution < 1.29 is 9.21 Å². The Morgan fingerprint density at radius 3 is 2.46 bits per heavy atom. The number of nitrogens with two attached hydrogens (primary N) is 1. The smallest absolute Gasteiger partial charge is 0.267 e. The molecule has 6 nitrogen and oxygen atoms in total. The fraction of sp³-hybridized carbons (Fsp3) is 0.222. The zero-order valence-electron chi connectivity index (χ0n) is 14.4. The minimum Gasteiger partial charge on any atom is -0.425 e. The Balaban J connectivity index is 2.15. The quantitative estimate of drug-likeness (QED) is 0.720. The van der Waals surface area contributed by atoms with Crippen molar-refractivity contribution in [3.05, 3.63) is 63.4 Å². The molecule has 1 aromatic carbocycles. The van der Waals surface area contributed by atoms with Crippen LogP contribution in [0.1, 0.15) is 41.7 Å². The topological polar surface area (TPSA) is 94.9 Å². The van der Waals surface area contributed by atoms with Crippen molar-refractivity contribution in [2.24, 2.45) is 5.73 Å². The fourth-order valence-corrected chi connectivity index (χ4v) is 3.17. The van der Waals surface area contributed by atoms with Crippen LogP contribution in [0.15, 0.2) is 34.7 Å². The van der Waals surface area contributed by atoms with E-state index in [0.29, 0.717) is 38.6 Å². The van der Waals surface area contributed by atoms with Crippen molar-refractivity contribution in [3.63, 3.8) is 0 Å². The van der Waals surface area contributed by atoms with Crippen molar-refractivity contribution in [2.75, 3.05) is 0 Å². The number of halogens is 2. The number of amides is 1. The molecule has 2 heterocycles. The van der Waals surface area contributed by atoms with E-state index in [9.17, 15) is 4.79 Å². The molecule has 8 heteroatoms. The highest BCUT2D eigenvalue weighted by atomic mass is 35.5. The molecule has 3 rings (SSSR count). The van der Waals surface area contributed by atoms with Gasteiger partial charge in [0.15, 0.2) is 0 Å². The first-order chi connectivity index (χ1) is 12.2. The number of nitrogens with zero attached hydrogens (tertiary/aromatic N) is 3. The zero-order valence-corrected chi connectivity index (χ0v) is 15.9. The van der Waals surface area contributed by atoms with E-state index in [2.05, 4.69) is 15.2 Å². The maximum absolute atomic E-state index is 12.1. The number of benzene rings is 1. The van der Waals surface area contributed by atoms with Gasteiger partial charge in [-0.25, -0.2) is 4.98 Å². The number of hydrogen-bond donors (Lipinski definition) is 1. The summed E-state index contributed by atoms with van der Waals surface area (Å²) in [6.45, 7) is 5.42. The van der Waals surface area contributed by atoms with Crippen LogP contribution in [0.2, 0.25) is 10.0 Å². The summed E-state index contributed by atoms with van der Waals surface area (Å²) in [6.07, 6.45) is 0. The first kappa shape index (κ1) is 18.4. The van der Waals surface area contributed by atoms with Crippen LogP contribution in [0.25, 0.3) is 11.3 Å².